The molecule has 0 bridgehead atoms. The predicted octanol–water partition coefficient (Wildman–Crippen LogP) is 2.75. The van der Waals surface area contributed by atoms with E-state index in [4.69, 9.17) is 0 Å². The van der Waals surface area contributed by atoms with Crippen molar-refractivity contribution in [3.05, 3.63) is 36.5 Å². The second-order valence-electron chi connectivity index (χ2n) is 2.44. The van der Waals surface area contributed by atoms with Gasteiger partial charge >= 0.3 is 0 Å². The topological polar surface area (TPSA) is 0 Å². The van der Waals surface area contributed by atoms with Gasteiger partial charge in [-0.25, -0.2) is 0 Å². The first-order valence-corrected chi connectivity index (χ1v) is 3.97. The minimum atomic E-state index is 0.394. The van der Waals surface area contributed by atoms with Gasteiger partial charge in [0.15, 0.2) is 0 Å². The van der Waals surface area contributed by atoms with Crippen molar-refractivity contribution in [1.29, 1.82) is 0 Å². The van der Waals surface area contributed by atoms with Crippen LogP contribution < -0.4 is 0 Å². The van der Waals surface area contributed by atoms with Crippen molar-refractivity contribution in [2.75, 3.05) is 0 Å². The van der Waals surface area contributed by atoms with Crippen LogP contribution >= 0.6 is 12.6 Å². The molecule has 0 saturated heterocycles. The summed E-state index contributed by atoms with van der Waals surface area (Å²) in [5, 5.41) is 0.394. The van der Waals surface area contributed by atoms with Gasteiger partial charge in [-0.15, -0.1) is 0 Å². The Morgan fingerprint density at radius 2 is 2.10 bits per heavy atom. The fourth-order valence-electron chi connectivity index (χ4n) is 1.29. The third-order valence-electron chi connectivity index (χ3n) is 1.88. The van der Waals surface area contributed by atoms with E-state index in [0.29, 0.717) is 5.25 Å². The summed E-state index contributed by atoms with van der Waals surface area (Å²) in [5.74, 6) is 0. The molecule has 1 aliphatic carbocycles. The average molecular weight is 152 g/mol. The van der Waals surface area contributed by atoms with Crippen LogP contribution in [0.4, 0.5) is 0 Å². The maximum atomic E-state index is 4.40. The molecule has 1 unspecified atom stereocenters. The molecule has 0 nitrogen and oxygen atoms in total. The Morgan fingerprint density at radius 1 is 1.40 bits per heavy atom. The van der Waals surface area contributed by atoms with Gasteiger partial charge in [0.05, 0.1) is 0 Å². The van der Waals surface area contributed by atoms with E-state index < -0.39 is 0 Å². The van der Waals surface area contributed by atoms with Crippen molar-refractivity contribution in [3.8, 4) is 0 Å². The SMILES string of the molecule is C=CC1=C(C=C)C(S)CC1. The van der Waals surface area contributed by atoms with E-state index in [1.165, 1.54) is 11.1 Å². The maximum Gasteiger partial charge on any atom is 0.0272 e. The van der Waals surface area contributed by atoms with Crippen LogP contribution in [0.25, 0.3) is 0 Å². The minimum absolute atomic E-state index is 0.394. The van der Waals surface area contributed by atoms with Crippen LogP contribution in [-0.4, -0.2) is 5.25 Å². The van der Waals surface area contributed by atoms with Crippen LogP contribution in [0.3, 0.4) is 0 Å². The fraction of sp³-hybridized carbons (Fsp3) is 0.333. The predicted molar refractivity (Wildman–Crippen MR) is 49.4 cm³/mol. The van der Waals surface area contributed by atoms with E-state index >= 15 is 0 Å². The molecule has 0 spiro atoms. The molecule has 0 saturated carbocycles. The maximum absolute atomic E-state index is 4.40. The molecule has 0 aliphatic heterocycles. The first-order valence-electron chi connectivity index (χ1n) is 3.45. The highest BCUT2D eigenvalue weighted by atomic mass is 32.1. The highest BCUT2D eigenvalue weighted by Gasteiger charge is 2.17. The summed E-state index contributed by atoms with van der Waals surface area (Å²) in [6, 6.07) is 0. The van der Waals surface area contributed by atoms with Crippen molar-refractivity contribution in [2.24, 2.45) is 0 Å². The largest absolute Gasteiger partial charge is 0.171 e. The molecule has 10 heavy (non-hydrogen) atoms. The Hall–Kier alpha value is -0.430. The normalized spacial score (nSPS) is 25.1. The summed E-state index contributed by atoms with van der Waals surface area (Å²) in [6.45, 7) is 7.47. The lowest BCUT2D eigenvalue weighted by Gasteiger charge is -2.01. The molecule has 0 N–H and O–H groups in total. The van der Waals surface area contributed by atoms with Crippen molar-refractivity contribution in [1.82, 2.24) is 0 Å². The van der Waals surface area contributed by atoms with E-state index in [0.717, 1.165) is 12.8 Å². The Bertz CT molecular complexity index is 189. The van der Waals surface area contributed by atoms with Gasteiger partial charge in [-0.05, 0) is 24.0 Å². The van der Waals surface area contributed by atoms with Crippen LogP contribution in [0, 0.1) is 0 Å². The molecule has 0 aromatic heterocycles. The van der Waals surface area contributed by atoms with Crippen molar-refractivity contribution >= 4 is 12.6 Å². The molecule has 1 heteroatoms. The molecule has 1 atom stereocenters. The van der Waals surface area contributed by atoms with Crippen LogP contribution in [-0.2, 0) is 0 Å². The summed E-state index contributed by atoms with van der Waals surface area (Å²) in [4.78, 5) is 0. The second kappa shape index (κ2) is 3.11. The summed E-state index contributed by atoms with van der Waals surface area (Å²) in [6.07, 6.45) is 6.04. The summed E-state index contributed by atoms with van der Waals surface area (Å²) in [7, 11) is 0. The van der Waals surface area contributed by atoms with Crippen LogP contribution in [0.15, 0.2) is 36.5 Å². The van der Waals surface area contributed by atoms with E-state index in [1.54, 1.807) is 0 Å². The third kappa shape index (κ3) is 1.19. The van der Waals surface area contributed by atoms with E-state index in [9.17, 15) is 0 Å². The summed E-state index contributed by atoms with van der Waals surface area (Å²) >= 11 is 4.40. The van der Waals surface area contributed by atoms with Gasteiger partial charge in [-0.2, -0.15) is 12.6 Å². The number of rotatable bonds is 2. The molecular formula is C9H12S. The average Bonchev–Trinajstić information content (AvgIpc) is 2.30. The van der Waals surface area contributed by atoms with E-state index in [-0.39, 0.29) is 0 Å². The van der Waals surface area contributed by atoms with Crippen LogP contribution in [0.5, 0.6) is 0 Å². The lowest BCUT2D eigenvalue weighted by atomic mass is 10.1. The van der Waals surface area contributed by atoms with Crippen molar-refractivity contribution in [3.63, 3.8) is 0 Å². The van der Waals surface area contributed by atoms with Gasteiger partial charge in [0.2, 0.25) is 0 Å². The first-order chi connectivity index (χ1) is 4.79. The quantitative estimate of drug-likeness (QED) is 0.578. The van der Waals surface area contributed by atoms with Crippen molar-refractivity contribution < 1.29 is 0 Å². The van der Waals surface area contributed by atoms with Gasteiger partial charge in [0.25, 0.3) is 0 Å². The van der Waals surface area contributed by atoms with E-state index in [2.05, 4.69) is 25.8 Å². The Labute approximate surface area is 67.7 Å². The Kier molecular flexibility index (Phi) is 2.39. The Balaban J connectivity index is 2.91. The molecule has 0 fully saturated rings. The standard InChI is InChI=1S/C9H12S/c1-3-7-5-6-9(10)8(7)4-2/h3-4,9-10H,1-2,5-6H2. The molecule has 54 valence electrons. The Morgan fingerprint density at radius 3 is 2.50 bits per heavy atom. The van der Waals surface area contributed by atoms with Gasteiger partial charge < -0.3 is 0 Å². The number of hydrogen-bond acceptors (Lipinski definition) is 1. The molecule has 0 aromatic rings. The zero-order valence-corrected chi connectivity index (χ0v) is 6.90. The monoisotopic (exact) mass is 152 g/mol. The molecule has 1 aliphatic rings. The zero-order valence-electron chi connectivity index (χ0n) is 6.01. The van der Waals surface area contributed by atoms with Gasteiger partial charge in [-0.1, -0.05) is 25.3 Å². The number of thiol groups is 1. The smallest absolute Gasteiger partial charge is 0.0272 e. The van der Waals surface area contributed by atoms with Crippen LogP contribution in [0.1, 0.15) is 12.8 Å². The third-order valence-corrected chi connectivity index (χ3v) is 2.42. The molecule has 0 amide bonds. The van der Waals surface area contributed by atoms with Gasteiger partial charge in [0.1, 0.15) is 0 Å². The fourth-order valence-corrected chi connectivity index (χ4v) is 1.69. The number of allylic oxidation sites excluding steroid dienone is 3. The zero-order chi connectivity index (χ0) is 7.56. The van der Waals surface area contributed by atoms with Crippen LogP contribution in [0.2, 0.25) is 0 Å². The molecule has 0 radical (unpaired) electrons. The van der Waals surface area contributed by atoms with E-state index in [1.807, 2.05) is 12.2 Å². The lowest BCUT2D eigenvalue weighted by molar-refractivity contribution is 0.926. The molecule has 0 heterocycles. The minimum Gasteiger partial charge on any atom is -0.171 e. The summed E-state index contributed by atoms with van der Waals surface area (Å²) < 4.78 is 0. The molecular weight excluding hydrogens is 140 g/mol. The lowest BCUT2D eigenvalue weighted by Crippen LogP contribution is -1.92. The van der Waals surface area contributed by atoms with Gasteiger partial charge in [0, 0.05) is 5.25 Å². The second-order valence-corrected chi connectivity index (χ2v) is 3.07. The van der Waals surface area contributed by atoms with Gasteiger partial charge in [-0.3, -0.25) is 0 Å². The first kappa shape index (κ1) is 7.67. The number of hydrogen-bond donors (Lipinski definition) is 1. The highest BCUT2D eigenvalue weighted by Crippen LogP contribution is 2.31. The highest BCUT2D eigenvalue weighted by molar-refractivity contribution is 7.81. The molecule has 0 aromatic carbocycles. The summed E-state index contributed by atoms with van der Waals surface area (Å²) in [5.41, 5.74) is 2.58. The molecule has 1 rings (SSSR count). The van der Waals surface area contributed by atoms with Crippen molar-refractivity contribution in [2.45, 2.75) is 18.1 Å².